The van der Waals surface area contributed by atoms with Crippen molar-refractivity contribution in [1.29, 1.82) is 0 Å². The molecule has 0 radical (unpaired) electrons. The highest BCUT2D eigenvalue weighted by atomic mass is 32.1. The Morgan fingerprint density at radius 2 is 1.50 bits per heavy atom. The highest BCUT2D eigenvalue weighted by Crippen LogP contribution is 1.91. The molecule has 0 aromatic carbocycles. The Labute approximate surface area is 67.3 Å². The van der Waals surface area contributed by atoms with Crippen LogP contribution in [-0.4, -0.2) is 11.7 Å². The van der Waals surface area contributed by atoms with Crippen molar-refractivity contribution in [2.24, 2.45) is 0 Å². The second-order valence-corrected chi connectivity index (χ2v) is 1.93. The van der Waals surface area contributed by atoms with E-state index in [1.54, 1.807) is 18.3 Å². The minimum Gasteiger partial charge on any atom is -0.397 e. The number of rotatable bonds is 0. The van der Waals surface area contributed by atoms with Crippen LogP contribution in [0.25, 0.3) is 0 Å². The summed E-state index contributed by atoms with van der Waals surface area (Å²) in [6.45, 7) is 5.93. The van der Waals surface area contributed by atoms with Gasteiger partial charge in [-0.3, -0.25) is 0 Å². The predicted octanol–water partition coefficient (Wildman–Crippen LogP) is 2.77. The number of aliphatic hydroxyl groups excluding tert-OH is 1. The fraction of sp³-hybridized carbons (Fsp3) is 0.500. The predicted molar refractivity (Wildman–Crippen MR) is 48.4 cm³/mol. The quantitative estimate of drug-likeness (QED) is 0.618. The first-order valence-corrected chi connectivity index (χ1v) is 4.44. The Hall–Kier alpha value is -0.340. The summed E-state index contributed by atoms with van der Waals surface area (Å²) in [5.41, 5.74) is 0. The summed E-state index contributed by atoms with van der Waals surface area (Å²) >= 11 is 1.71. The van der Waals surface area contributed by atoms with Crippen molar-refractivity contribution in [2.75, 3.05) is 6.61 Å². The molecule has 10 heavy (non-hydrogen) atoms. The third kappa shape index (κ3) is 15.6. The lowest BCUT2D eigenvalue weighted by atomic mass is 10.7. The van der Waals surface area contributed by atoms with Crippen LogP contribution in [0.3, 0.4) is 0 Å². The van der Waals surface area contributed by atoms with Crippen molar-refractivity contribution in [1.82, 2.24) is 0 Å². The number of hydrogen-bond donors (Lipinski definition) is 1. The van der Waals surface area contributed by atoms with E-state index in [0.717, 1.165) is 0 Å². The van der Waals surface area contributed by atoms with Crippen LogP contribution in [0.5, 0.6) is 0 Å². The van der Waals surface area contributed by atoms with Gasteiger partial charge in [0.05, 0.1) is 0 Å². The topological polar surface area (TPSA) is 20.2 Å². The molecule has 0 aliphatic heterocycles. The van der Waals surface area contributed by atoms with Gasteiger partial charge in [-0.15, -0.1) is 0 Å². The van der Waals surface area contributed by atoms with Gasteiger partial charge in [0.2, 0.25) is 0 Å². The molecule has 60 valence electrons. The van der Waals surface area contributed by atoms with E-state index in [2.05, 4.69) is 0 Å². The third-order valence-electron chi connectivity index (χ3n) is 0.425. The van der Waals surface area contributed by atoms with Crippen molar-refractivity contribution in [3.8, 4) is 0 Å². The average molecular weight is 160 g/mol. The zero-order valence-electron chi connectivity index (χ0n) is 6.87. The normalized spacial score (nSPS) is 6.40. The molecule has 1 nitrogen and oxygen atoms in total. The number of thiophene rings is 1. The van der Waals surface area contributed by atoms with Gasteiger partial charge in [0, 0.05) is 6.61 Å². The highest BCUT2D eigenvalue weighted by molar-refractivity contribution is 7.07. The molecule has 0 unspecified atom stereocenters. The van der Waals surface area contributed by atoms with Crippen molar-refractivity contribution < 1.29 is 5.11 Å². The molecular formula is C8H16OS. The maximum atomic E-state index is 7.57. The monoisotopic (exact) mass is 160 g/mol. The molecule has 0 saturated heterocycles. The van der Waals surface area contributed by atoms with E-state index in [0.29, 0.717) is 0 Å². The minimum atomic E-state index is 0.250. The van der Waals surface area contributed by atoms with E-state index in [1.807, 2.05) is 36.7 Å². The Kier molecular flexibility index (Phi) is 19.6. The molecule has 0 aliphatic rings. The van der Waals surface area contributed by atoms with Crippen LogP contribution in [0.15, 0.2) is 22.9 Å². The molecule has 0 fully saturated rings. The molecule has 0 saturated carbocycles. The Morgan fingerprint density at radius 1 is 1.20 bits per heavy atom. The molecule has 0 amide bonds. The van der Waals surface area contributed by atoms with Crippen LogP contribution in [0.1, 0.15) is 20.8 Å². The van der Waals surface area contributed by atoms with Gasteiger partial charge >= 0.3 is 0 Å². The Bertz CT molecular complexity index is 76.2. The zero-order valence-corrected chi connectivity index (χ0v) is 7.69. The van der Waals surface area contributed by atoms with Crippen LogP contribution in [0.4, 0.5) is 0 Å². The van der Waals surface area contributed by atoms with E-state index in [1.165, 1.54) is 0 Å². The van der Waals surface area contributed by atoms with E-state index in [9.17, 15) is 0 Å². The van der Waals surface area contributed by atoms with Crippen LogP contribution in [-0.2, 0) is 0 Å². The summed E-state index contributed by atoms with van der Waals surface area (Å²) in [6, 6.07) is 4.04. The molecular weight excluding hydrogens is 144 g/mol. The molecule has 2 heteroatoms. The van der Waals surface area contributed by atoms with Gasteiger partial charge in [0.1, 0.15) is 0 Å². The first kappa shape index (κ1) is 12.3. The van der Waals surface area contributed by atoms with Crippen LogP contribution in [0, 0.1) is 0 Å². The van der Waals surface area contributed by atoms with Crippen LogP contribution in [0.2, 0.25) is 0 Å². The Balaban J connectivity index is 0. The zero-order chi connectivity index (χ0) is 8.24. The van der Waals surface area contributed by atoms with E-state index in [4.69, 9.17) is 5.11 Å². The van der Waals surface area contributed by atoms with Crippen LogP contribution < -0.4 is 0 Å². The lowest BCUT2D eigenvalue weighted by Crippen LogP contribution is -1.57. The second-order valence-electron chi connectivity index (χ2n) is 1.11. The SMILES string of the molecule is CC.CCO.c1ccsc1. The fourth-order valence-corrected chi connectivity index (χ4v) is 0.680. The van der Waals surface area contributed by atoms with E-state index in [-0.39, 0.29) is 6.61 Å². The van der Waals surface area contributed by atoms with Crippen molar-refractivity contribution >= 4 is 11.3 Å². The molecule has 1 aromatic heterocycles. The Morgan fingerprint density at radius 3 is 1.60 bits per heavy atom. The van der Waals surface area contributed by atoms with Gasteiger partial charge in [0.25, 0.3) is 0 Å². The number of hydrogen-bond acceptors (Lipinski definition) is 2. The molecule has 1 heterocycles. The summed E-state index contributed by atoms with van der Waals surface area (Å²) in [5, 5.41) is 11.7. The second kappa shape index (κ2) is 15.9. The smallest absolute Gasteiger partial charge is 0.0402 e. The maximum absolute atomic E-state index is 7.57. The molecule has 0 atom stereocenters. The summed E-state index contributed by atoms with van der Waals surface area (Å²) in [4.78, 5) is 0. The summed E-state index contributed by atoms with van der Waals surface area (Å²) in [5.74, 6) is 0. The van der Waals surface area contributed by atoms with Gasteiger partial charge in [-0.05, 0) is 17.7 Å². The lowest BCUT2D eigenvalue weighted by Gasteiger charge is -1.52. The third-order valence-corrected chi connectivity index (χ3v) is 1.05. The van der Waals surface area contributed by atoms with E-state index < -0.39 is 0 Å². The first-order valence-electron chi connectivity index (χ1n) is 3.49. The number of aliphatic hydroxyl groups is 1. The van der Waals surface area contributed by atoms with Crippen molar-refractivity contribution in [2.45, 2.75) is 20.8 Å². The minimum absolute atomic E-state index is 0.250. The molecule has 1 rings (SSSR count). The maximum Gasteiger partial charge on any atom is 0.0402 e. The van der Waals surface area contributed by atoms with Gasteiger partial charge in [0.15, 0.2) is 0 Å². The van der Waals surface area contributed by atoms with Gasteiger partial charge in [-0.2, -0.15) is 11.3 Å². The largest absolute Gasteiger partial charge is 0.397 e. The summed E-state index contributed by atoms with van der Waals surface area (Å²) in [7, 11) is 0. The summed E-state index contributed by atoms with van der Waals surface area (Å²) in [6.07, 6.45) is 0. The fourth-order valence-electron chi connectivity index (χ4n) is 0.227. The molecule has 1 N–H and O–H groups in total. The van der Waals surface area contributed by atoms with Crippen LogP contribution >= 0.6 is 11.3 Å². The molecule has 0 spiro atoms. The average Bonchev–Trinajstić information content (AvgIpc) is 2.48. The van der Waals surface area contributed by atoms with Gasteiger partial charge in [-0.25, -0.2) is 0 Å². The van der Waals surface area contributed by atoms with Gasteiger partial charge < -0.3 is 5.11 Å². The molecule has 0 aliphatic carbocycles. The molecule has 1 aromatic rings. The lowest BCUT2D eigenvalue weighted by molar-refractivity contribution is 0.318. The van der Waals surface area contributed by atoms with Crippen molar-refractivity contribution in [3.05, 3.63) is 22.9 Å². The highest BCUT2D eigenvalue weighted by Gasteiger charge is 1.58. The first-order chi connectivity index (χ1) is 4.91. The van der Waals surface area contributed by atoms with Gasteiger partial charge in [-0.1, -0.05) is 26.0 Å². The van der Waals surface area contributed by atoms with E-state index >= 15 is 0 Å². The van der Waals surface area contributed by atoms with Crippen molar-refractivity contribution in [3.63, 3.8) is 0 Å². The standard InChI is InChI=1S/C4H4S.C2H6O.C2H6/c1-2-4-5-3-1;1-2-3;1-2/h1-4H;3H,2H2,1H3;1-2H3. The molecule has 0 bridgehead atoms. The summed E-state index contributed by atoms with van der Waals surface area (Å²) < 4.78 is 0.